The molecule has 0 unspecified atom stereocenters. The topological polar surface area (TPSA) is 97.1 Å². The van der Waals surface area contributed by atoms with E-state index < -0.39 is 11.8 Å². The summed E-state index contributed by atoms with van der Waals surface area (Å²) in [4.78, 5) is 34.6. The minimum atomic E-state index is -0.559. The Morgan fingerprint density at radius 2 is 1.82 bits per heavy atom. The molecule has 0 spiro atoms. The van der Waals surface area contributed by atoms with Crippen LogP contribution in [-0.4, -0.2) is 27.5 Å². The van der Waals surface area contributed by atoms with Crippen molar-refractivity contribution in [2.45, 2.75) is 25.4 Å². The number of thioether (sulfide) groups is 1. The van der Waals surface area contributed by atoms with Gasteiger partial charge < -0.3 is 15.1 Å². The number of halogens is 1. The maximum atomic E-state index is 13.1. The summed E-state index contributed by atoms with van der Waals surface area (Å²) >= 11 is 7.65. The van der Waals surface area contributed by atoms with E-state index in [0.717, 1.165) is 17.7 Å². The molecule has 0 saturated carbocycles. The Hall–Kier alpha value is -3.36. The molecule has 2 aromatic carbocycles. The monoisotopic (exact) mass is 480 g/mol. The summed E-state index contributed by atoms with van der Waals surface area (Å²) in [5.74, 6) is -0.246. The number of aryl methyl sites for hydroxylation is 1. The number of furan rings is 1. The van der Waals surface area contributed by atoms with Gasteiger partial charge in [0.2, 0.25) is 5.76 Å². The molecule has 2 aromatic heterocycles. The first-order chi connectivity index (χ1) is 16.0. The van der Waals surface area contributed by atoms with Gasteiger partial charge in [0, 0.05) is 16.8 Å². The minimum absolute atomic E-state index is 0.0177. The highest BCUT2D eigenvalue weighted by Crippen LogP contribution is 2.32. The molecule has 0 bridgehead atoms. The fraction of sp³-hybridized carbons (Fsp3) is 0.167. The Bertz CT molecular complexity index is 1320. The summed E-state index contributed by atoms with van der Waals surface area (Å²) in [5, 5.41) is 6.74. The zero-order chi connectivity index (χ0) is 23.4. The molecule has 0 aliphatic heterocycles. The van der Waals surface area contributed by atoms with Gasteiger partial charge in [0.05, 0.1) is 11.2 Å². The van der Waals surface area contributed by atoms with Gasteiger partial charge in [0.15, 0.2) is 10.9 Å². The third-order valence-corrected chi connectivity index (χ3v) is 6.07. The fourth-order valence-corrected chi connectivity index (χ4v) is 3.95. The molecule has 4 rings (SSSR count). The third kappa shape index (κ3) is 5.18. The zero-order valence-electron chi connectivity index (χ0n) is 18.0. The Morgan fingerprint density at radius 1 is 1.06 bits per heavy atom. The highest BCUT2D eigenvalue weighted by atomic mass is 35.5. The van der Waals surface area contributed by atoms with Gasteiger partial charge in [-0.1, -0.05) is 60.1 Å². The number of carbonyl (C=O) groups is 2. The largest absolute Gasteiger partial charge is 0.449 e. The van der Waals surface area contributed by atoms with Crippen LogP contribution in [0, 0.1) is 6.92 Å². The first kappa shape index (κ1) is 22.8. The number of amides is 2. The molecule has 7 nitrogen and oxygen atoms in total. The van der Waals surface area contributed by atoms with Gasteiger partial charge in [-0.25, -0.2) is 9.97 Å². The van der Waals surface area contributed by atoms with Gasteiger partial charge in [0.1, 0.15) is 11.3 Å². The Morgan fingerprint density at radius 3 is 2.58 bits per heavy atom. The molecule has 2 amide bonds. The number of aromatic nitrogens is 2. The van der Waals surface area contributed by atoms with Gasteiger partial charge in [0.25, 0.3) is 11.8 Å². The maximum absolute atomic E-state index is 13.1. The molecule has 4 aromatic rings. The van der Waals surface area contributed by atoms with Crippen LogP contribution in [0.5, 0.6) is 0 Å². The molecule has 168 valence electrons. The standard InChI is InChI=1S/C24H21ClN4O3S/c1-3-12-33-24-26-13-17(25)20(29-24)22(30)28-19-16-6-4-5-7-18(16)32-21(19)23(31)27-15-10-8-14(2)9-11-15/h4-11,13H,3,12H2,1-2H3,(H,27,31)(H,28,30). The molecule has 0 fully saturated rings. The van der Waals surface area contributed by atoms with Crippen molar-refractivity contribution >= 4 is 57.5 Å². The van der Waals surface area contributed by atoms with Gasteiger partial charge in [-0.2, -0.15) is 0 Å². The van der Waals surface area contributed by atoms with Gasteiger partial charge in [-0.05, 0) is 37.6 Å². The summed E-state index contributed by atoms with van der Waals surface area (Å²) in [6, 6.07) is 14.5. The number of para-hydroxylation sites is 1. The molecule has 2 N–H and O–H groups in total. The van der Waals surface area contributed by atoms with Crippen molar-refractivity contribution in [1.82, 2.24) is 9.97 Å². The van der Waals surface area contributed by atoms with Crippen molar-refractivity contribution in [2.75, 3.05) is 16.4 Å². The van der Waals surface area contributed by atoms with Crippen LogP contribution in [0.15, 0.2) is 64.3 Å². The van der Waals surface area contributed by atoms with Crippen LogP contribution in [0.3, 0.4) is 0 Å². The highest BCUT2D eigenvalue weighted by molar-refractivity contribution is 7.99. The molecule has 0 radical (unpaired) electrons. The van der Waals surface area contributed by atoms with Crippen molar-refractivity contribution in [3.8, 4) is 0 Å². The molecule has 0 aliphatic rings. The minimum Gasteiger partial charge on any atom is -0.449 e. The lowest BCUT2D eigenvalue weighted by molar-refractivity contribution is 0.0999. The van der Waals surface area contributed by atoms with Crippen LogP contribution in [0.1, 0.15) is 40.0 Å². The number of rotatable bonds is 7. The second-order valence-corrected chi connectivity index (χ2v) is 8.74. The number of anilines is 2. The quantitative estimate of drug-likeness (QED) is 0.242. The molecular formula is C24H21ClN4O3S. The van der Waals surface area contributed by atoms with E-state index >= 15 is 0 Å². The Kier molecular flexibility index (Phi) is 6.96. The molecule has 0 saturated heterocycles. The molecular weight excluding hydrogens is 460 g/mol. The van der Waals surface area contributed by atoms with Crippen molar-refractivity contribution in [3.05, 3.63) is 76.8 Å². The second kappa shape index (κ2) is 10.1. The molecule has 0 aliphatic carbocycles. The van der Waals surface area contributed by atoms with Crippen LogP contribution >= 0.6 is 23.4 Å². The Labute approximate surface area is 199 Å². The average molecular weight is 481 g/mol. The van der Waals surface area contributed by atoms with E-state index in [0.29, 0.717) is 21.8 Å². The molecule has 0 atom stereocenters. The van der Waals surface area contributed by atoms with E-state index in [4.69, 9.17) is 16.0 Å². The van der Waals surface area contributed by atoms with E-state index in [1.54, 1.807) is 36.4 Å². The van der Waals surface area contributed by atoms with Gasteiger partial charge in [-0.3, -0.25) is 9.59 Å². The van der Waals surface area contributed by atoms with E-state index in [-0.39, 0.29) is 22.2 Å². The summed E-state index contributed by atoms with van der Waals surface area (Å²) in [5.41, 5.74) is 2.43. The van der Waals surface area contributed by atoms with E-state index in [1.165, 1.54) is 18.0 Å². The predicted molar refractivity (Wildman–Crippen MR) is 131 cm³/mol. The SMILES string of the molecule is CCCSc1ncc(Cl)c(C(=O)Nc2c(C(=O)Nc3ccc(C)cc3)oc3ccccc23)n1. The van der Waals surface area contributed by atoms with E-state index in [9.17, 15) is 9.59 Å². The number of benzene rings is 2. The molecule has 33 heavy (non-hydrogen) atoms. The number of nitrogens with zero attached hydrogens (tertiary/aromatic N) is 2. The number of nitrogens with one attached hydrogen (secondary N) is 2. The normalized spacial score (nSPS) is 10.9. The average Bonchev–Trinajstić information content (AvgIpc) is 3.18. The van der Waals surface area contributed by atoms with Crippen molar-refractivity contribution in [1.29, 1.82) is 0 Å². The van der Waals surface area contributed by atoms with Gasteiger partial charge >= 0.3 is 0 Å². The van der Waals surface area contributed by atoms with Gasteiger partial charge in [-0.15, -0.1) is 0 Å². The third-order valence-electron chi connectivity index (χ3n) is 4.72. The zero-order valence-corrected chi connectivity index (χ0v) is 19.6. The highest BCUT2D eigenvalue weighted by Gasteiger charge is 2.24. The van der Waals surface area contributed by atoms with Crippen LogP contribution in [0.2, 0.25) is 5.02 Å². The van der Waals surface area contributed by atoms with Crippen LogP contribution in [0.4, 0.5) is 11.4 Å². The van der Waals surface area contributed by atoms with Crippen LogP contribution in [0.25, 0.3) is 11.0 Å². The van der Waals surface area contributed by atoms with Crippen molar-refractivity contribution < 1.29 is 14.0 Å². The smallest absolute Gasteiger partial charge is 0.293 e. The number of hydrogen-bond donors (Lipinski definition) is 2. The lowest BCUT2D eigenvalue weighted by Gasteiger charge is -2.09. The first-order valence-corrected chi connectivity index (χ1v) is 11.7. The van der Waals surface area contributed by atoms with Crippen LogP contribution < -0.4 is 10.6 Å². The lowest BCUT2D eigenvalue weighted by Crippen LogP contribution is -2.18. The Balaban J connectivity index is 1.66. The van der Waals surface area contributed by atoms with Crippen molar-refractivity contribution in [2.24, 2.45) is 0 Å². The lowest BCUT2D eigenvalue weighted by atomic mass is 10.2. The molecule has 2 heterocycles. The molecule has 9 heteroatoms. The predicted octanol–water partition coefficient (Wildman–Crippen LogP) is 6.19. The second-order valence-electron chi connectivity index (χ2n) is 7.27. The fourth-order valence-electron chi connectivity index (χ4n) is 3.10. The summed E-state index contributed by atoms with van der Waals surface area (Å²) in [6.45, 7) is 4.01. The number of fused-ring (bicyclic) bond motifs is 1. The summed E-state index contributed by atoms with van der Waals surface area (Å²) in [7, 11) is 0. The van der Waals surface area contributed by atoms with Crippen LogP contribution in [-0.2, 0) is 0 Å². The maximum Gasteiger partial charge on any atom is 0.293 e. The number of hydrogen-bond acceptors (Lipinski definition) is 6. The van der Waals surface area contributed by atoms with E-state index in [1.807, 2.05) is 26.0 Å². The summed E-state index contributed by atoms with van der Waals surface area (Å²) in [6.07, 6.45) is 2.35. The van der Waals surface area contributed by atoms with E-state index in [2.05, 4.69) is 20.6 Å². The first-order valence-electron chi connectivity index (χ1n) is 10.3. The summed E-state index contributed by atoms with van der Waals surface area (Å²) < 4.78 is 5.80. The van der Waals surface area contributed by atoms with Crippen molar-refractivity contribution in [3.63, 3.8) is 0 Å². The number of carbonyl (C=O) groups excluding carboxylic acids is 2.